The van der Waals surface area contributed by atoms with Crippen LogP contribution in [0, 0.1) is 12.7 Å². The molecule has 0 saturated heterocycles. The van der Waals surface area contributed by atoms with E-state index in [0.29, 0.717) is 30.2 Å². The minimum Gasteiger partial charge on any atom is -0.339 e. The van der Waals surface area contributed by atoms with Gasteiger partial charge < -0.3 is 10.2 Å². The Labute approximate surface area is 180 Å². The number of rotatable bonds is 8. The molecule has 31 heavy (non-hydrogen) atoms. The Morgan fingerprint density at radius 2 is 1.71 bits per heavy atom. The van der Waals surface area contributed by atoms with Crippen LogP contribution in [0.2, 0.25) is 0 Å². The molecule has 8 nitrogen and oxygen atoms in total. The van der Waals surface area contributed by atoms with Crippen LogP contribution >= 0.6 is 0 Å². The zero-order chi connectivity index (χ0) is 22.4. The van der Waals surface area contributed by atoms with E-state index in [1.54, 1.807) is 48.2 Å². The fourth-order valence-corrected chi connectivity index (χ4v) is 3.28. The monoisotopic (exact) mass is 424 g/mol. The van der Waals surface area contributed by atoms with Crippen LogP contribution in [0.15, 0.2) is 48.5 Å². The molecule has 1 N–H and O–H groups in total. The summed E-state index contributed by atoms with van der Waals surface area (Å²) in [6.45, 7) is 6.82. The van der Waals surface area contributed by atoms with Crippen molar-refractivity contribution in [3.05, 3.63) is 71.3 Å². The Morgan fingerprint density at radius 1 is 1.06 bits per heavy atom. The molecule has 1 heterocycles. The van der Waals surface area contributed by atoms with Crippen LogP contribution in [0.25, 0.3) is 0 Å². The molecular weight excluding hydrogens is 399 g/mol. The van der Waals surface area contributed by atoms with Crippen LogP contribution in [0.3, 0.4) is 0 Å². The maximum absolute atomic E-state index is 13.2. The van der Waals surface area contributed by atoms with Crippen molar-refractivity contribution >= 4 is 17.5 Å². The SMILES string of the molecule is CCN(CC)C(=O)c1ccc(NC(=O)C(Cc2ccc(F)cc2)n2nnnc2C)cc1. The molecule has 0 fully saturated rings. The second kappa shape index (κ2) is 9.92. The summed E-state index contributed by atoms with van der Waals surface area (Å²) in [7, 11) is 0. The van der Waals surface area contributed by atoms with Gasteiger partial charge in [0.2, 0.25) is 5.91 Å². The minimum absolute atomic E-state index is 0.0543. The molecule has 0 aliphatic carbocycles. The first-order chi connectivity index (χ1) is 14.9. The van der Waals surface area contributed by atoms with Gasteiger partial charge in [0.25, 0.3) is 5.91 Å². The third-order valence-electron chi connectivity index (χ3n) is 5.05. The molecule has 0 spiro atoms. The van der Waals surface area contributed by atoms with Crippen molar-refractivity contribution in [2.24, 2.45) is 0 Å². The van der Waals surface area contributed by atoms with Crippen LogP contribution in [-0.2, 0) is 11.2 Å². The molecular formula is C22H25FN6O2. The summed E-state index contributed by atoms with van der Waals surface area (Å²) in [5.74, 6) is -0.228. The predicted molar refractivity (Wildman–Crippen MR) is 114 cm³/mol. The van der Waals surface area contributed by atoms with Gasteiger partial charge in [0.1, 0.15) is 17.7 Å². The number of aromatic nitrogens is 4. The van der Waals surface area contributed by atoms with Gasteiger partial charge in [-0.15, -0.1) is 5.10 Å². The molecule has 3 rings (SSSR count). The Bertz CT molecular complexity index is 1030. The van der Waals surface area contributed by atoms with Gasteiger partial charge in [-0.1, -0.05) is 12.1 Å². The first-order valence-electron chi connectivity index (χ1n) is 10.1. The summed E-state index contributed by atoms with van der Waals surface area (Å²) >= 11 is 0. The number of amides is 2. The van der Waals surface area contributed by atoms with Crippen molar-refractivity contribution in [3.8, 4) is 0 Å². The summed E-state index contributed by atoms with van der Waals surface area (Å²) in [6, 6.07) is 12.0. The number of carbonyl (C=O) groups excluding carboxylic acids is 2. The highest BCUT2D eigenvalue weighted by molar-refractivity contribution is 5.96. The van der Waals surface area contributed by atoms with E-state index < -0.39 is 6.04 Å². The molecule has 162 valence electrons. The first kappa shape index (κ1) is 22.1. The third-order valence-corrected chi connectivity index (χ3v) is 5.05. The van der Waals surface area contributed by atoms with E-state index in [1.165, 1.54) is 16.8 Å². The number of nitrogens with one attached hydrogen (secondary N) is 1. The summed E-state index contributed by atoms with van der Waals surface area (Å²) in [5, 5.41) is 14.3. The second-order valence-corrected chi connectivity index (χ2v) is 7.06. The van der Waals surface area contributed by atoms with Crippen molar-refractivity contribution < 1.29 is 14.0 Å². The molecule has 0 aliphatic heterocycles. The first-order valence-corrected chi connectivity index (χ1v) is 10.1. The number of hydrogen-bond acceptors (Lipinski definition) is 5. The van der Waals surface area contributed by atoms with Gasteiger partial charge in [-0.05, 0) is 73.2 Å². The molecule has 2 aromatic carbocycles. The number of nitrogens with zero attached hydrogens (tertiary/aromatic N) is 5. The summed E-state index contributed by atoms with van der Waals surface area (Å²) in [4.78, 5) is 27.3. The lowest BCUT2D eigenvalue weighted by Crippen LogP contribution is -2.30. The van der Waals surface area contributed by atoms with Gasteiger partial charge in [0.15, 0.2) is 0 Å². The highest BCUT2D eigenvalue weighted by atomic mass is 19.1. The zero-order valence-electron chi connectivity index (χ0n) is 17.7. The van der Waals surface area contributed by atoms with Crippen molar-refractivity contribution in [3.63, 3.8) is 0 Å². The lowest BCUT2D eigenvalue weighted by Gasteiger charge is -2.19. The van der Waals surface area contributed by atoms with Gasteiger partial charge in [-0.2, -0.15) is 0 Å². The Morgan fingerprint density at radius 3 is 2.26 bits per heavy atom. The normalized spacial score (nSPS) is 11.7. The van der Waals surface area contributed by atoms with Crippen molar-refractivity contribution in [1.29, 1.82) is 0 Å². The van der Waals surface area contributed by atoms with Crippen LogP contribution < -0.4 is 5.32 Å². The van der Waals surface area contributed by atoms with E-state index in [-0.39, 0.29) is 24.1 Å². The smallest absolute Gasteiger partial charge is 0.253 e. The molecule has 9 heteroatoms. The lowest BCUT2D eigenvalue weighted by atomic mass is 10.0. The van der Waals surface area contributed by atoms with Crippen LogP contribution in [-0.4, -0.2) is 50.0 Å². The van der Waals surface area contributed by atoms with Crippen molar-refractivity contribution in [2.45, 2.75) is 33.2 Å². The minimum atomic E-state index is -0.725. The molecule has 0 saturated carbocycles. The van der Waals surface area contributed by atoms with Crippen molar-refractivity contribution in [2.75, 3.05) is 18.4 Å². The number of benzene rings is 2. The van der Waals surface area contributed by atoms with E-state index in [2.05, 4.69) is 20.8 Å². The lowest BCUT2D eigenvalue weighted by molar-refractivity contribution is -0.119. The van der Waals surface area contributed by atoms with Crippen molar-refractivity contribution in [1.82, 2.24) is 25.1 Å². The largest absolute Gasteiger partial charge is 0.339 e. The van der Waals surface area contributed by atoms with Gasteiger partial charge >= 0.3 is 0 Å². The van der Waals surface area contributed by atoms with Crippen LogP contribution in [0.1, 0.15) is 41.6 Å². The van der Waals surface area contributed by atoms with Crippen LogP contribution in [0.5, 0.6) is 0 Å². The van der Waals surface area contributed by atoms with E-state index in [9.17, 15) is 14.0 Å². The number of hydrogen-bond donors (Lipinski definition) is 1. The maximum Gasteiger partial charge on any atom is 0.253 e. The van der Waals surface area contributed by atoms with E-state index in [1.807, 2.05) is 13.8 Å². The van der Waals surface area contributed by atoms with Gasteiger partial charge in [0, 0.05) is 30.8 Å². The molecule has 0 aliphatic rings. The molecule has 1 atom stereocenters. The van der Waals surface area contributed by atoms with E-state index in [0.717, 1.165) is 5.56 Å². The number of tetrazole rings is 1. The predicted octanol–water partition coefficient (Wildman–Crippen LogP) is 3.03. The van der Waals surface area contributed by atoms with E-state index in [4.69, 9.17) is 0 Å². The maximum atomic E-state index is 13.2. The number of halogens is 1. The van der Waals surface area contributed by atoms with Gasteiger partial charge in [-0.3, -0.25) is 9.59 Å². The summed E-state index contributed by atoms with van der Waals surface area (Å²) < 4.78 is 14.7. The highest BCUT2D eigenvalue weighted by Crippen LogP contribution is 2.19. The van der Waals surface area contributed by atoms with Gasteiger partial charge in [0.05, 0.1) is 0 Å². The highest BCUT2D eigenvalue weighted by Gasteiger charge is 2.24. The van der Waals surface area contributed by atoms with E-state index >= 15 is 0 Å². The standard InChI is InChI=1S/C22H25FN6O2/c1-4-28(5-2)22(31)17-8-12-19(13-9-17)24-21(30)20(29-15(3)25-26-27-29)14-16-6-10-18(23)11-7-16/h6-13,20H,4-5,14H2,1-3H3,(H,24,30). The fourth-order valence-electron chi connectivity index (χ4n) is 3.28. The number of anilines is 1. The second-order valence-electron chi connectivity index (χ2n) is 7.06. The fraction of sp³-hybridized carbons (Fsp3) is 0.318. The summed E-state index contributed by atoms with van der Waals surface area (Å²) in [5.41, 5.74) is 1.88. The molecule has 0 bridgehead atoms. The Balaban J connectivity index is 1.78. The third kappa shape index (κ3) is 5.30. The zero-order valence-corrected chi connectivity index (χ0v) is 17.7. The molecule has 1 aromatic heterocycles. The molecule has 0 radical (unpaired) electrons. The summed E-state index contributed by atoms with van der Waals surface area (Å²) in [6.07, 6.45) is 0.288. The Hall–Kier alpha value is -3.62. The average molecular weight is 424 g/mol. The molecule has 1 unspecified atom stereocenters. The number of carbonyl (C=O) groups is 2. The molecule has 3 aromatic rings. The topological polar surface area (TPSA) is 93.0 Å². The molecule has 2 amide bonds. The van der Waals surface area contributed by atoms with Gasteiger partial charge in [-0.25, -0.2) is 9.07 Å². The Kier molecular flexibility index (Phi) is 7.07. The quantitative estimate of drug-likeness (QED) is 0.600. The number of aryl methyl sites for hydroxylation is 1. The average Bonchev–Trinajstić information content (AvgIpc) is 3.20. The van der Waals surface area contributed by atoms with Crippen LogP contribution in [0.4, 0.5) is 10.1 Å².